The van der Waals surface area contributed by atoms with Crippen molar-refractivity contribution in [3.05, 3.63) is 12.2 Å². The van der Waals surface area contributed by atoms with Crippen LogP contribution in [-0.4, -0.2) is 73.4 Å². The van der Waals surface area contributed by atoms with Crippen LogP contribution in [0.15, 0.2) is 12.2 Å². The first-order valence-corrected chi connectivity index (χ1v) is 12.8. The van der Waals surface area contributed by atoms with Crippen molar-refractivity contribution in [2.24, 2.45) is 0 Å². The quantitative estimate of drug-likeness (QED) is 0.107. The zero-order valence-electron chi connectivity index (χ0n) is 20.0. The predicted octanol–water partition coefficient (Wildman–Crippen LogP) is 5.31. The Morgan fingerprint density at radius 2 is 1.61 bits per heavy atom. The Kier molecular flexibility index (Phi) is 20.9. The van der Waals surface area contributed by atoms with E-state index < -0.39 is 0 Å². The average molecular weight is 457 g/mol. The van der Waals surface area contributed by atoms with Crippen LogP contribution in [0.25, 0.3) is 0 Å². The van der Waals surface area contributed by atoms with E-state index in [1.165, 1.54) is 37.4 Å². The first-order valence-electron chi connectivity index (χ1n) is 11.8. The van der Waals surface area contributed by atoms with Crippen molar-refractivity contribution in [3.8, 4) is 0 Å². The molecule has 0 N–H and O–H groups in total. The van der Waals surface area contributed by atoms with E-state index in [0.29, 0.717) is 39.0 Å². The molecule has 0 spiro atoms. The number of carbonyl (C=O) groups is 3. The number of ether oxygens (including phenoxy) is 1. The third kappa shape index (κ3) is 20.3. The van der Waals surface area contributed by atoms with Gasteiger partial charge >= 0.3 is 5.97 Å². The van der Waals surface area contributed by atoms with Crippen LogP contribution in [0.3, 0.4) is 0 Å². The van der Waals surface area contributed by atoms with Gasteiger partial charge in [0.25, 0.3) is 5.24 Å². The molecule has 0 unspecified atom stereocenters. The van der Waals surface area contributed by atoms with Crippen LogP contribution >= 0.6 is 11.8 Å². The zero-order chi connectivity index (χ0) is 23.2. The zero-order valence-corrected chi connectivity index (χ0v) is 20.8. The summed E-state index contributed by atoms with van der Waals surface area (Å²) in [6, 6.07) is 0. The van der Waals surface area contributed by atoms with Crippen molar-refractivity contribution in [2.45, 2.75) is 77.6 Å². The lowest BCUT2D eigenvalue weighted by atomic mass is 10.1. The second kappa shape index (κ2) is 21.9. The van der Waals surface area contributed by atoms with E-state index in [0.717, 1.165) is 44.3 Å². The summed E-state index contributed by atoms with van der Waals surface area (Å²) in [4.78, 5) is 38.7. The van der Waals surface area contributed by atoms with Crippen LogP contribution in [0.2, 0.25) is 0 Å². The van der Waals surface area contributed by atoms with E-state index in [2.05, 4.69) is 17.9 Å². The first-order chi connectivity index (χ1) is 15.0. The maximum atomic E-state index is 12.4. The Hall–Kier alpha value is -1.34. The number of esters is 1. The van der Waals surface area contributed by atoms with Gasteiger partial charge < -0.3 is 19.3 Å². The van der Waals surface area contributed by atoms with Gasteiger partial charge in [0.1, 0.15) is 12.9 Å². The summed E-state index contributed by atoms with van der Waals surface area (Å²) >= 11 is 1.33. The first kappa shape index (κ1) is 29.7. The fraction of sp³-hybridized carbons (Fsp3) is 0.792. The van der Waals surface area contributed by atoms with E-state index >= 15 is 0 Å². The highest BCUT2D eigenvalue weighted by Crippen LogP contribution is 2.12. The Morgan fingerprint density at radius 1 is 0.871 bits per heavy atom. The largest absolute Gasteiger partial charge is 0.461 e. The number of hydrogen-bond acceptors (Lipinski definition) is 6. The highest BCUT2D eigenvalue weighted by molar-refractivity contribution is 8.13. The molecule has 1 amide bonds. The third-order valence-electron chi connectivity index (χ3n) is 4.81. The molecule has 0 aliphatic carbocycles. The molecule has 0 saturated heterocycles. The van der Waals surface area contributed by atoms with Gasteiger partial charge in [0.05, 0.1) is 0 Å². The summed E-state index contributed by atoms with van der Waals surface area (Å²) in [5.74, 6) is 0.600. The Bertz CT molecular complexity index is 498. The highest BCUT2D eigenvalue weighted by atomic mass is 32.2. The molecule has 0 aromatic heterocycles. The van der Waals surface area contributed by atoms with Crippen LogP contribution in [0.5, 0.6) is 0 Å². The number of thioether (sulfide) groups is 1. The maximum absolute atomic E-state index is 12.4. The summed E-state index contributed by atoms with van der Waals surface area (Å²) in [5, 5.41) is 0.0774. The minimum Gasteiger partial charge on any atom is -0.461 e. The molecule has 180 valence electrons. The molecule has 0 saturated carbocycles. The summed E-state index contributed by atoms with van der Waals surface area (Å²) in [5.41, 5.74) is 0. The van der Waals surface area contributed by atoms with E-state index in [1.807, 2.05) is 25.1 Å². The number of carbonyl (C=O) groups excluding carboxylic acids is 3. The molecule has 0 radical (unpaired) electrons. The van der Waals surface area contributed by atoms with Gasteiger partial charge in [-0.05, 0) is 46.2 Å². The molecular weight excluding hydrogens is 412 g/mol. The van der Waals surface area contributed by atoms with Crippen LogP contribution in [0.1, 0.15) is 77.6 Å². The number of amides is 1. The van der Waals surface area contributed by atoms with Crippen molar-refractivity contribution in [1.29, 1.82) is 0 Å². The van der Waals surface area contributed by atoms with Gasteiger partial charge in [-0.25, -0.2) is 0 Å². The van der Waals surface area contributed by atoms with Crippen molar-refractivity contribution in [3.63, 3.8) is 0 Å². The van der Waals surface area contributed by atoms with Crippen molar-refractivity contribution >= 4 is 29.3 Å². The average Bonchev–Trinajstić information content (AvgIpc) is 2.73. The molecule has 6 nitrogen and oxygen atoms in total. The molecule has 0 aliphatic rings. The molecule has 0 aromatic rings. The van der Waals surface area contributed by atoms with Crippen LogP contribution in [0.4, 0.5) is 4.79 Å². The molecule has 0 fully saturated rings. The van der Waals surface area contributed by atoms with Gasteiger partial charge in [0.2, 0.25) is 0 Å². The van der Waals surface area contributed by atoms with Gasteiger partial charge in [-0.15, -0.1) is 0 Å². The standard InChI is InChI=1S/C24H44N2O4S/c1-4-5-6-7-8-9-15-21-30-23(28)16-11-10-12-17-26(18-13-14-20-27)24(29)31-22-19-25(2)3/h9,15,20H,4-8,10-14,16-19,21-22H2,1-3H3/b15-9-. The van der Waals surface area contributed by atoms with Gasteiger partial charge in [-0.1, -0.05) is 56.5 Å². The molecular formula is C24H44N2O4S. The lowest BCUT2D eigenvalue weighted by Gasteiger charge is -2.22. The molecule has 0 aliphatic heterocycles. The minimum atomic E-state index is -0.159. The molecule has 0 aromatic carbocycles. The smallest absolute Gasteiger partial charge is 0.306 e. The van der Waals surface area contributed by atoms with Crippen molar-refractivity contribution < 1.29 is 19.1 Å². The van der Waals surface area contributed by atoms with Crippen LogP contribution in [0, 0.1) is 0 Å². The minimum absolute atomic E-state index is 0.0774. The fourth-order valence-electron chi connectivity index (χ4n) is 2.90. The number of nitrogens with zero attached hydrogens (tertiary/aromatic N) is 2. The van der Waals surface area contributed by atoms with E-state index in [4.69, 9.17) is 4.74 Å². The van der Waals surface area contributed by atoms with E-state index in [9.17, 15) is 14.4 Å². The number of hydrogen-bond donors (Lipinski definition) is 0. The number of allylic oxidation sites excluding steroid dienone is 1. The van der Waals surface area contributed by atoms with Crippen LogP contribution in [-0.2, 0) is 14.3 Å². The van der Waals surface area contributed by atoms with Gasteiger partial charge in [-0.3, -0.25) is 9.59 Å². The molecule has 0 heterocycles. The Morgan fingerprint density at radius 3 is 2.32 bits per heavy atom. The van der Waals surface area contributed by atoms with Gasteiger partial charge in [0.15, 0.2) is 0 Å². The molecule has 0 rings (SSSR count). The topological polar surface area (TPSA) is 66.9 Å². The lowest BCUT2D eigenvalue weighted by Crippen LogP contribution is -2.31. The fourth-order valence-corrected chi connectivity index (χ4v) is 3.90. The molecule has 0 bridgehead atoms. The van der Waals surface area contributed by atoms with Gasteiger partial charge in [-0.2, -0.15) is 0 Å². The number of rotatable bonds is 20. The lowest BCUT2D eigenvalue weighted by molar-refractivity contribution is -0.142. The maximum Gasteiger partial charge on any atom is 0.306 e. The summed E-state index contributed by atoms with van der Waals surface area (Å²) in [6.45, 7) is 4.69. The summed E-state index contributed by atoms with van der Waals surface area (Å²) < 4.78 is 5.23. The second-order valence-corrected chi connectivity index (χ2v) is 9.07. The molecule has 31 heavy (non-hydrogen) atoms. The predicted molar refractivity (Wildman–Crippen MR) is 131 cm³/mol. The Labute approximate surface area is 194 Å². The molecule has 0 atom stereocenters. The normalized spacial score (nSPS) is 11.2. The van der Waals surface area contributed by atoms with Crippen molar-refractivity contribution in [1.82, 2.24) is 9.80 Å². The van der Waals surface area contributed by atoms with Crippen LogP contribution < -0.4 is 0 Å². The summed E-state index contributed by atoms with van der Waals surface area (Å²) in [7, 11) is 3.98. The molecule has 7 heteroatoms. The SMILES string of the molecule is CCCCCC/C=C\COC(=O)CCCCCN(CCCC=O)C(=O)SCCN(C)C. The van der Waals surface area contributed by atoms with Gasteiger partial charge in [0, 0.05) is 38.2 Å². The Balaban J connectivity index is 3.94. The summed E-state index contributed by atoms with van der Waals surface area (Å²) in [6.07, 6.45) is 15.0. The highest BCUT2D eigenvalue weighted by Gasteiger charge is 2.13. The third-order valence-corrected chi connectivity index (χ3v) is 5.70. The van der Waals surface area contributed by atoms with E-state index in [-0.39, 0.29) is 11.2 Å². The second-order valence-electron chi connectivity index (χ2n) is 8.03. The number of aldehydes is 1. The number of unbranched alkanes of at least 4 members (excludes halogenated alkanes) is 7. The monoisotopic (exact) mass is 456 g/mol. The van der Waals surface area contributed by atoms with E-state index in [1.54, 1.807) is 0 Å². The van der Waals surface area contributed by atoms with Crippen molar-refractivity contribution in [2.75, 3.05) is 46.1 Å².